The Hall–Kier alpha value is -0.900. The van der Waals surface area contributed by atoms with E-state index in [2.05, 4.69) is 54.4 Å². The summed E-state index contributed by atoms with van der Waals surface area (Å²) < 4.78 is 5.87. The van der Waals surface area contributed by atoms with Crippen LogP contribution in [0.25, 0.3) is 0 Å². The van der Waals surface area contributed by atoms with Gasteiger partial charge in [-0.05, 0) is 38.7 Å². The van der Waals surface area contributed by atoms with E-state index in [4.69, 9.17) is 4.74 Å². The van der Waals surface area contributed by atoms with Gasteiger partial charge >= 0.3 is 0 Å². The van der Waals surface area contributed by atoms with Gasteiger partial charge in [-0.15, -0.1) is 0 Å². The van der Waals surface area contributed by atoms with E-state index in [1.807, 2.05) is 0 Å². The van der Waals surface area contributed by atoms with Crippen molar-refractivity contribution in [2.75, 3.05) is 26.2 Å². The van der Waals surface area contributed by atoms with E-state index in [1.165, 1.54) is 18.5 Å². The van der Waals surface area contributed by atoms with E-state index in [0.29, 0.717) is 12.1 Å². The highest BCUT2D eigenvalue weighted by Gasteiger charge is 2.34. The largest absolute Gasteiger partial charge is 0.375 e. The lowest BCUT2D eigenvalue weighted by Gasteiger charge is -2.44. The lowest BCUT2D eigenvalue weighted by Crippen LogP contribution is -2.57. The Morgan fingerprint density at radius 3 is 2.86 bits per heavy atom. The van der Waals surface area contributed by atoms with Crippen molar-refractivity contribution in [1.82, 2.24) is 10.2 Å². The first-order valence-corrected chi connectivity index (χ1v) is 8.28. The van der Waals surface area contributed by atoms with Crippen LogP contribution in [0.1, 0.15) is 32.3 Å². The number of rotatable bonds is 3. The molecule has 0 amide bonds. The number of hydrogen-bond donors (Lipinski definition) is 1. The third kappa shape index (κ3) is 4.06. The first-order chi connectivity index (χ1) is 10.1. The van der Waals surface area contributed by atoms with E-state index in [1.54, 1.807) is 0 Å². The standard InChI is InChI=1S/C18H28N2O/c1-18(2)13-17(8-11-21-18)20-10-9-19-16(14-20)12-15-6-4-3-5-7-15/h3-7,16-17,19H,8-14H2,1-2H3. The minimum Gasteiger partial charge on any atom is -0.375 e. The van der Waals surface area contributed by atoms with E-state index in [-0.39, 0.29) is 5.60 Å². The van der Waals surface area contributed by atoms with Gasteiger partial charge in [-0.3, -0.25) is 4.90 Å². The van der Waals surface area contributed by atoms with E-state index >= 15 is 0 Å². The Morgan fingerprint density at radius 1 is 1.29 bits per heavy atom. The molecule has 2 atom stereocenters. The van der Waals surface area contributed by atoms with Crippen molar-refractivity contribution in [2.45, 2.75) is 50.8 Å². The molecule has 2 heterocycles. The molecular weight excluding hydrogens is 260 g/mol. The Bertz CT molecular complexity index is 446. The molecular formula is C18H28N2O. The molecule has 1 aromatic carbocycles. The van der Waals surface area contributed by atoms with Crippen molar-refractivity contribution in [3.05, 3.63) is 35.9 Å². The van der Waals surface area contributed by atoms with Crippen LogP contribution in [0.2, 0.25) is 0 Å². The molecule has 0 radical (unpaired) electrons. The second kappa shape index (κ2) is 6.47. The molecule has 0 spiro atoms. The zero-order valence-corrected chi connectivity index (χ0v) is 13.3. The van der Waals surface area contributed by atoms with Gasteiger partial charge in [-0.1, -0.05) is 30.3 Å². The predicted octanol–water partition coefficient (Wildman–Crippen LogP) is 2.46. The smallest absolute Gasteiger partial charge is 0.0641 e. The van der Waals surface area contributed by atoms with Crippen molar-refractivity contribution in [1.29, 1.82) is 0 Å². The molecule has 0 bridgehead atoms. The molecule has 2 saturated heterocycles. The van der Waals surface area contributed by atoms with Gasteiger partial charge in [0.05, 0.1) is 5.60 Å². The predicted molar refractivity (Wildman–Crippen MR) is 86.6 cm³/mol. The first kappa shape index (κ1) is 15.0. The quantitative estimate of drug-likeness (QED) is 0.924. The third-order valence-corrected chi connectivity index (χ3v) is 4.80. The summed E-state index contributed by atoms with van der Waals surface area (Å²) in [5.41, 5.74) is 1.48. The zero-order chi connectivity index (χ0) is 14.7. The summed E-state index contributed by atoms with van der Waals surface area (Å²) in [5, 5.41) is 3.68. The normalized spacial score (nSPS) is 30.2. The number of hydrogen-bond acceptors (Lipinski definition) is 3. The Morgan fingerprint density at radius 2 is 2.10 bits per heavy atom. The lowest BCUT2D eigenvalue weighted by molar-refractivity contribution is -0.0861. The number of benzene rings is 1. The summed E-state index contributed by atoms with van der Waals surface area (Å²) in [4.78, 5) is 2.69. The van der Waals surface area contributed by atoms with Crippen LogP contribution in [0.5, 0.6) is 0 Å². The monoisotopic (exact) mass is 288 g/mol. The average molecular weight is 288 g/mol. The van der Waals surface area contributed by atoms with Gasteiger partial charge in [-0.25, -0.2) is 0 Å². The molecule has 3 nitrogen and oxygen atoms in total. The molecule has 1 N–H and O–H groups in total. The molecule has 0 saturated carbocycles. The van der Waals surface area contributed by atoms with Crippen LogP contribution in [0.3, 0.4) is 0 Å². The summed E-state index contributed by atoms with van der Waals surface area (Å²) in [6, 6.07) is 12.1. The van der Waals surface area contributed by atoms with Crippen molar-refractivity contribution in [3.63, 3.8) is 0 Å². The number of nitrogens with one attached hydrogen (secondary N) is 1. The molecule has 0 aliphatic carbocycles. The molecule has 3 rings (SSSR count). The maximum absolute atomic E-state index is 5.87. The average Bonchev–Trinajstić information content (AvgIpc) is 2.47. The van der Waals surface area contributed by atoms with Crippen LogP contribution >= 0.6 is 0 Å². The van der Waals surface area contributed by atoms with Gasteiger partial charge in [0.15, 0.2) is 0 Å². The fourth-order valence-corrected chi connectivity index (χ4v) is 3.73. The summed E-state index contributed by atoms with van der Waals surface area (Å²) >= 11 is 0. The summed E-state index contributed by atoms with van der Waals surface area (Å²) in [5.74, 6) is 0. The SMILES string of the molecule is CC1(C)CC(N2CCNC(Cc3ccccc3)C2)CCO1. The zero-order valence-electron chi connectivity index (χ0n) is 13.3. The third-order valence-electron chi connectivity index (χ3n) is 4.80. The van der Waals surface area contributed by atoms with Gasteiger partial charge in [-0.2, -0.15) is 0 Å². The maximum atomic E-state index is 5.87. The molecule has 2 fully saturated rings. The minimum absolute atomic E-state index is 0.0444. The van der Waals surface area contributed by atoms with Gasteiger partial charge in [0.1, 0.15) is 0 Å². The van der Waals surface area contributed by atoms with Gasteiger partial charge in [0.25, 0.3) is 0 Å². The molecule has 2 unspecified atom stereocenters. The maximum Gasteiger partial charge on any atom is 0.0641 e. The van der Waals surface area contributed by atoms with Crippen molar-refractivity contribution < 1.29 is 4.74 Å². The Labute approximate surface area is 128 Å². The van der Waals surface area contributed by atoms with Crippen LogP contribution in [0.4, 0.5) is 0 Å². The van der Waals surface area contributed by atoms with E-state index in [0.717, 1.165) is 32.5 Å². The molecule has 0 aromatic heterocycles. The molecule has 3 heteroatoms. The highest BCUT2D eigenvalue weighted by Crippen LogP contribution is 2.28. The fourth-order valence-electron chi connectivity index (χ4n) is 3.73. The first-order valence-electron chi connectivity index (χ1n) is 8.28. The minimum atomic E-state index is 0.0444. The molecule has 2 aliphatic rings. The highest BCUT2D eigenvalue weighted by molar-refractivity contribution is 5.16. The lowest BCUT2D eigenvalue weighted by atomic mass is 9.91. The highest BCUT2D eigenvalue weighted by atomic mass is 16.5. The van der Waals surface area contributed by atoms with E-state index < -0.39 is 0 Å². The Balaban J connectivity index is 1.58. The van der Waals surface area contributed by atoms with Crippen LogP contribution in [-0.4, -0.2) is 48.8 Å². The van der Waals surface area contributed by atoms with Crippen molar-refractivity contribution in [3.8, 4) is 0 Å². The van der Waals surface area contributed by atoms with Crippen LogP contribution in [0, 0.1) is 0 Å². The van der Waals surface area contributed by atoms with Crippen LogP contribution in [0.15, 0.2) is 30.3 Å². The summed E-state index contributed by atoms with van der Waals surface area (Å²) in [6.07, 6.45) is 3.47. The molecule has 2 aliphatic heterocycles. The van der Waals surface area contributed by atoms with Crippen molar-refractivity contribution >= 4 is 0 Å². The summed E-state index contributed by atoms with van der Waals surface area (Å²) in [6.45, 7) is 8.80. The van der Waals surface area contributed by atoms with E-state index in [9.17, 15) is 0 Å². The topological polar surface area (TPSA) is 24.5 Å². The van der Waals surface area contributed by atoms with Crippen LogP contribution in [-0.2, 0) is 11.2 Å². The number of ether oxygens (including phenoxy) is 1. The van der Waals surface area contributed by atoms with Gasteiger partial charge in [0, 0.05) is 38.3 Å². The fraction of sp³-hybridized carbons (Fsp3) is 0.667. The molecule has 21 heavy (non-hydrogen) atoms. The second-order valence-corrected chi connectivity index (χ2v) is 7.09. The van der Waals surface area contributed by atoms with Gasteiger partial charge < -0.3 is 10.1 Å². The number of piperazine rings is 1. The Kier molecular flexibility index (Phi) is 4.63. The van der Waals surface area contributed by atoms with Crippen molar-refractivity contribution in [2.24, 2.45) is 0 Å². The van der Waals surface area contributed by atoms with Gasteiger partial charge in [0.2, 0.25) is 0 Å². The molecule has 1 aromatic rings. The second-order valence-electron chi connectivity index (χ2n) is 7.09. The number of nitrogens with zero attached hydrogens (tertiary/aromatic N) is 1. The molecule has 116 valence electrons. The summed E-state index contributed by atoms with van der Waals surface area (Å²) in [7, 11) is 0. The van der Waals surface area contributed by atoms with Crippen LogP contribution < -0.4 is 5.32 Å².